The van der Waals surface area contributed by atoms with Gasteiger partial charge < -0.3 is 20.1 Å². The van der Waals surface area contributed by atoms with E-state index in [0.717, 1.165) is 22.9 Å². The quantitative estimate of drug-likeness (QED) is 0.519. The predicted octanol–water partition coefficient (Wildman–Crippen LogP) is 5.21. The molecule has 2 aromatic carbocycles. The predicted molar refractivity (Wildman–Crippen MR) is 126 cm³/mol. The van der Waals surface area contributed by atoms with Gasteiger partial charge in [-0.2, -0.15) is 13.2 Å². The molecule has 2 N–H and O–H groups in total. The van der Waals surface area contributed by atoms with Crippen LogP contribution < -0.4 is 15.4 Å². The second kappa shape index (κ2) is 8.94. The van der Waals surface area contributed by atoms with E-state index < -0.39 is 23.4 Å². The van der Waals surface area contributed by atoms with Crippen molar-refractivity contribution < 1.29 is 32.2 Å². The molecule has 0 bridgehead atoms. The Hall–Kier alpha value is -3.92. The molecule has 7 nitrogen and oxygen atoms in total. The van der Waals surface area contributed by atoms with Crippen molar-refractivity contribution in [1.29, 1.82) is 0 Å². The summed E-state index contributed by atoms with van der Waals surface area (Å²) in [5.41, 5.74) is 1.24. The number of hydrogen-bond donors (Lipinski definition) is 2. The van der Waals surface area contributed by atoms with E-state index in [1.807, 2.05) is 19.1 Å². The van der Waals surface area contributed by atoms with Gasteiger partial charge in [0.25, 0.3) is 11.8 Å². The summed E-state index contributed by atoms with van der Waals surface area (Å²) in [6.45, 7) is 2.78. The number of halogens is 3. The van der Waals surface area contributed by atoms with E-state index in [-0.39, 0.29) is 11.5 Å². The maximum absolute atomic E-state index is 13.0. The minimum atomic E-state index is -4.65. The van der Waals surface area contributed by atoms with E-state index in [1.165, 1.54) is 6.07 Å². The Balaban J connectivity index is 1.41. The molecule has 3 heterocycles. The van der Waals surface area contributed by atoms with Gasteiger partial charge in [0.1, 0.15) is 11.4 Å². The first-order valence-electron chi connectivity index (χ1n) is 11.3. The first kappa shape index (κ1) is 23.8. The van der Waals surface area contributed by atoms with Crippen LogP contribution in [0, 0.1) is 6.92 Å². The van der Waals surface area contributed by atoms with Crippen molar-refractivity contribution >= 4 is 23.2 Å². The number of carbonyl (C=O) groups excluding carboxylic acids is 2. The molecule has 0 radical (unpaired) electrons. The maximum atomic E-state index is 13.0. The average molecular weight is 497 g/mol. The largest absolute Gasteiger partial charge is 0.475 e. The van der Waals surface area contributed by atoms with Gasteiger partial charge >= 0.3 is 6.18 Å². The summed E-state index contributed by atoms with van der Waals surface area (Å²) in [6.07, 6.45) is -2.79. The third kappa shape index (κ3) is 4.51. The van der Waals surface area contributed by atoms with Crippen LogP contribution in [0.25, 0.3) is 11.1 Å². The highest BCUT2D eigenvalue weighted by atomic mass is 19.4. The van der Waals surface area contributed by atoms with Crippen LogP contribution in [0.5, 0.6) is 5.75 Å². The fourth-order valence-corrected chi connectivity index (χ4v) is 4.34. The minimum Gasteiger partial charge on any atom is -0.475 e. The molecule has 5 rings (SSSR count). The number of aromatic nitrogens is 1. The lowest BCUT2D eigenvalue weighted by atomic mass is 9.91. The van der Waals surface area contributed by atoms with Gasteiger partial charge in [-0.1, -0.05) is 12.1 Å². The van der Waals surface area contributed by atoms with Gasteiger partial charge in [-0.05, 0) is 60.0 Å². The smallest absolute Gasteiger partial charge is 0.433 e. The first-order valence-corrected chi connectivity index (χ1v) is 11.3. The number of amides is 2. The summed E-state index contributed by atoms with van der Waals surface area (Å²) < 4.78 is 50.5. The third-order valence-electron chi connectivity index (χ3n) is 6.37. The van der Waals surface area contributed by atoms with E-state index in [1.54, 1.807) is 24.3 Å². The van der Waals surface area contributed by atoms with Gasteiger partial charge in [-0.25, -0.2) is 0 Å². The Kier molecular flexibility index (Phi) is 5.91. The van der Waals surface area contributed by atoms with Crippen molar-refractivity contribution in [2.75, 3.05) is 23.8 Å². The molecule has 1 saturated heterocycles. The topological polar surface area (TPSA) is 89.6 Å². The summed E-state index contributed by atoms with van der Waals surface area (Å²) in [5.74, 6) is -0.327. The fourth-order valence-electron chi connectivity index (χ4n) is 4.34. The number of hydrogen-bond acceptors (Lipinski definition) is 5. The summed E-state index contributed by atoms with van der Waals surface area (Å²) in [5, 5.41) is 5.58. The number of aryl methyl sites for hydroxylation is 1. The van der Waals surface area contributed by atoms with E-state index in [2.05, 4.69) is 15.6 Å². The van der Waals surface area contributed by atoms with Crippen LogP contribution in [0.15, 0.2) is 54.7 Å². The average Bonchev–Trinajstić information content (AvgIpc) is 2.86. The zero-order valence-corrected chi connectivity index (χ0v) is 19.2. The molecule has 10 heteroatoms. The van der Waals surface area contributed by atoms with Gasteiger partial charge in [0.05, 0.1) is 18.9 Å². The number of alkyl halides is 3. The van der Waals surface area contributed by atoms with Crippen LogP contribution in [0.4, 0.5) is 24.5 Å². The standard InChI is InChI=1S/C26H22F3N3O4/c1-15-2-4-18(31-23(33)17-6-9-30-22(13-17)26(27,28)29)14-19(15)16-3-5-20-21(12-16)36-25(24(34)32-20)7-10-35-11-8-25/h2-6,9,12-14H,7-8,10-11H2,1H3,(H,31,33)(H,32,34). The second-order valence-electron chi connectivity index (χ2n) is 8.79. The molecule has 2 aliphatic heterocycles. The molecular weight excluding hydrogens is 475 g/mol. The Bertz CT molecular complexity index is 1350. The molecule has 3 aromatic rings. The highest BCUT2D eigenvalue weighted by Gasteiger charge is 2.45. The Labute approximate surface area is 204 Å². The number of rotatable bonds is 3. The second-order valence-corrected chi connectivity index (χ2v) is 8.79. The molecule has 0 aliphatic carbocycles. The fraction of sp³-hybridized carbons (Fsp3) is 0.269. The van der Waals surface area contributed by atoms with Gasteiger partial charge in [-0.15, -0.1) is 0 Å². The number of carbonyl (C=O) groups is 2. The Morgan fingerprint density at radius 1 is 1.08 bits per heavy atom. The number of benzene rings is 2. The van der Waals surface area contributed by atoms with Gasteiger partial charge in [-0.3, -0.25) is 14.6 Å². The lowest BCUT2D eigenvalue weighted by molar-refractivity contribution is -0.141. The van der Waals surface area contributed by atoms with Crippen molar-refractivity contribution in [2.45, 2.75) is 31.5 Å². The zero-order valence-electron chi connectivity index (χ0n) is 19.2. The molecule has 36 heavy (non-hydrogen) atoms. The van der Waals surface area contributed by atoms with Gasteiger partial charge in [0.15, 0.2) is 5.60 Å². The van der Waals surface area contributed by atoms with Crippen LogP contribution in [-0.4, -0.2) is 35.6 Å². The number of fused-ring (bicyclic) bond motifs is 1. The molecule has 1 aromatic heterocycles. The molecule has 0 saturated carbocycles. The number of pyridine rings is 1. The number of nitrogens with zero attached hydrogens (tertiary/aromatic N) is 1. The first-order chi connectivity index (χ1) is 17.1. The molecule has 0 unspecified atom stereocenters. The van der Waals surface area contributed by atoms with Gasteiger partial charge in [0, 0.05) is 30.3 Å². The number of anilines is 2. The number of nitrogens with one attached hydrogen (secondary N) is 2. The summed E-state index contributed by atoms with van der Waals surface area (Å²) >= 11 is 0. The van der Waals surface area contributed by atoms with Crippen molar-refractivity contribution in [1.82, 2.24) is 4.98 Å². The highest BCUT2D eigenvalue weighted by molar-refractivity contribution is 6.05. The van der Waals surface area contributed by atoms with Crippen LogP contribution >= 0.6 is 0 Å². The molecule has 1 fully saturated rings. The van der Waals surface area contributed by atoms with Crippen LogP contribution in [0.2, 0.25) is 0 Å². The van der Waals surface area contributed by atoms with Crippen molar-refractivity contribution in [3.63, 3.8) is 0 Å². The monoisotopic (exact) mass is 497 g/mol. The summed E-state index contributed by atoms with van der Waals surface area (Å²) in [7, 11) is 0. The van der Waals surface area contributed by atoms with Crippen molar-refractivity contribution in [2.24, 2.45) is 0 Å². The molecule has 0 atom stereocenters. The summed E-state index contributed by atoms with van der Waals surface area (Å²) in [4.78, 5) is 28.6. The van der Waals surface area contributed by atoms with E-state index in [9.17, 15) is 22.8 Å². The highest BCUT2D eigenvalue weighted by Crippen LogP contribution is 2.41. The molecule has 2 aliphatic rings. The van der Waals surface area contributed by atoms with Crippen molar-refractivity contribution in [3.8, 4) is 16.9 Å². The Morgan fingerprint density at radius 3 is 2.61 bits per heavy atom. The van der Waals surface area contributed by atoms with E-state index in [0.29, 0.717) is 49.2 Å². The van der Waals surface area contributed by atoms with E-state index >= 15 is 0 Å². The maximum Gasteiger partial charge on any atom is 0.433 e. The van der Waals surface area contributed by atoms with Crippen LogP contribution in [0.3, 0.4) is 0 Å². The molecule has 1 spiro atoms. The molecule has 186 valence electrons. The zero-order chi connectivity index (χ0) is 25.5. The number of ether oxygens (including phenoxy) is 2. The third-order valence-corrected chi connectivity index (χ3v) is 6.37. The Morgan fingerprint density at radius 2 is 1.86 bits per heavy atom. The normalized spacial score (nSPS) is 16.6. The van der Waals surface area contributed by atoms with E-state index in [4.69, 9.17) is 9.47 Å². The lowest BCUT2D eigenvalue weighted by Crippen LogP contribution is -2.54. The molecular formula is C26H22F3N3O4. The SMILES string of the molecule is Cc1ccc(NC(=O)c2ccnc(C(F)(F)F)c2)cc1-c1ccc2c(c1)OC1(CCOCC1)C(=O)N2. The van der Waals surface area contributed by atoms with Crippen LogP contribution in [-0.2, 0) is 15.7 Å². The van der Waals surface area contributed by atoms with Crippen LogP contribution in [0.1, 0.15) is 34.5 Å². The summed E-state index contributed by atoms with van der Waals surface area (Å²) in [6, 6.07) is 12.6. The molecule has 2 amide bonds. The van der Waals surface area contributed by atoms with Crippen molar-refractivity contribution in [3.05, 3.63) is 71.5 Å². The lowest BCUT2D eigenvalue weighted by Gasteiger charge is -2.39. The minimum absolute atomic E-state index is 0.154. The van der Waals surface area contributed by atoms with Gasteiger partial charge in [0.2, 0.25) is 0 Å².